The number of carbonyl (C=O) groups excluding carboxylic acids is 1. The molecule has 4 rings (SSSR count). The Labute approximate surface area is 147 Å². The quantitative estimate of drug-likeness (QED) is 0.847. The molecule has 2 fully saturated rings. The van der Waals surface area contributed by atoms with Gasteiger partial charge in [-0.2, -0.15) is 0 Å². The third-order valence-corrected chi connectivity index (χ3v) is 4.96. The van der Waals surface area contributed by atoms with Gasteiger partial charge in [-0.3, -0.25) is 9.69 Å². The lowest BCUT2D eigenvalue weighted by Crippen LogP contribution is -2.42. The summed E-state index contributed by atoms with van der Waals surface area (Å²) in [5.74, 6) is 0.850. The highest BCUT2D eigenvalue weighted by Crippen LogP contribution is 2.21. The molecule has 2 aliphatic heterocycles. The molecule has 0 saturated carbocycles. The molecule has 2 bridgehead atoms. The van der Waals surface area contributed by atoms with E-state index >= 15 is 0 Å². The molecule has 0 N–H and O–H groups in total. The lowest BCUT2D eigenvalue weighted by molar-refractivity contribution is -0.133. The molecule has 1 aromatic carbocycles. The zero-order valence-electron chi connectivity index (χ0n) is 14.3. The molecule has 0 spiro atoms. The number of fused-ring (bicyclic) bond motifs is 3. The average Bonchev–Trinajstić information content (AvgIpc) is 2.82. The second-order valence-electron chi connectivity index (χ2n) is 6.81. The summed E-state index contributed by atoms with van der Waals surface area (Å²) >= 11 is 0. The van der Waals surface area contributed by atoms with E-state index in [9.17, 15) is 4.79 Å². The maximum atomic E-state index is 12.4. The summed E-state index contributed by atoms with van der Waals surface area (Å²) in [7, 11) is 1.88. The first-order valence-corrected chi connectivity index (χ1v) is 8.64. The fourth-order valence-corrected chi connectivity index (χ4v) is 3.55. The standard InChI is InChI=1S/C19H22N4O2/c1-22-17-11-23(10-16(19(22)24)12-25-13-17)9-14-7-20-18(21-8-14)15-5-3-2-4-6-15/h2-8,16-17H,9-13H2,1H3/t16-,17+/m1/s1. The number of benzene rings is 1. The fourth-order valence-electron chi connectivity index (χ4n) is 3.55. The van der Waals surface area contributed by atoms with Gasteiger partial charge in [-0.1, -0.05) is 30.3 Å². The normalized spacial score (nSPS) is 24.2. The number of carbonyl (C=O) groups is 1. The lowest BCUT2D eigenvalue weighted by atomic mass is 10.1. The molecule has 6 heteroatoms. The Morgan fingerprint density at radius 1 is 1.12 bits per heavy atom. The summed E-state index contributed by atoms with van der Waals surface area (Å²) in [4.78, 5) is 25.6. The first kappa shape index (κ1) is 16.2. The Morgan fingerprint density at radius 3 is 2.64 bits per heavy atom. The highest BCUT2D eigenvalue weighted by Gasteiger charge is 2.37. The second-order valence-corrected chi connectivity index (χ2v) is 6.81. The first-order chi connectivity index (χ1) is 12.2. The first-order valence-electron chi connectivity index (χ1n) is 8.64. The molecular weight excluding hydrogens is 316 g/mol. The number of likely N-dealkylation sites (N-methyl/N-ethyl adjacent to an activating group) is 1. The number of hydrogen-bond acceptors (Lipinski definition) is 5. The van der Waals surface area contributed by atoms with E-state index in [0.717, 1.165) is 36.6 Å². The number of nitrogens with zero attached hydrogens (tertiary/aromatic N) is 4. The van der Waals surface area contributed by atoms with Crippen molar-refractivity contribution >= 4 is 5.91 Å². The van der Waals surface area contributed by atoms with E-state index < -0.39 is 0 Å². The van der Waals surface area contributed by atoms with Crippen LogP contribution in [-0.2, 0) is 16.1 Å². The average molecular weight is 338 g/mol. The number of amides is 1. The van der Waals surface area contributed by atoms with Gasteiger partial charge in [-0.25, -0.2) is 9.97 Å². The molecule has 130 valence electrons. The minimum Gasteiger partial charge on any atom is -0.378 e. The van der Waals surface area contributed by atoms with E-state index in [1.165, 1.54) is 0 Å². The maximum Gasteiger partial charge on any atom is 0.229 e. The smallest absolute Gasteiger partial charge is 0.229 e. The van der Waals surface area contributed by atoms with E-state index in [-0.39, 0.29) is 17.9 Å². The van der Waals surface area contributed by atoms with Crippen LogP contribution in [0, 0.1) is 5.92 Å². The monoisotopic (exact) mass is 338 g/mol. The Balaban J connectivity index is 1.48. The maximum absolute atomic E-state index is 12.4. The zero-order valence-corrected chi connectivity index (χ0v) is 14.3. The zero-order chi connectivity index (χ0) is 17.2. The number of hydrogen-bond donors (Lipinski definition) is 0. The summed E-state index contributed by atoms with van der Waals surface area (Å²) in [6.07, 6.45) is 3.77. The molecule has 2 saturated heterocycles. The van der Waals surface area contributed by atoms with Crippen LogP contribution in [0.3, 0.4) is 0 Å². The molecule has 1 aromatic heterocycles. The van der Waals surface area contributed by atoms with Crippen molar-refractivity contribution in [3.63, 3.8) is 0 Å². The van der Waals surface area contributed by atoms with Gasteiger partial charge in [-0.05, 0) is 0 Å². The van der Waals surface area contributed by atoms with Crippen molar-refractivity contribution in [1.82, 2.24) is 19.8 Å². The molecule has 2 aromatic rings. The van der Waals surface area contributed by atoms with Gasteiger partial charge < -0.3 is 9.64 Å². The van der Waals surface area contributed by atoms with Crippen molar-refractivity contribution in [3.05, 3.63) is 48.3 Å². The van der Waals surface area contributed by atoms with Gasteiger partial charge in [0.1, 0.15) is 0 Å². The van der Waals surface area contributed by atoms with Crippen LogP contribution >= 0.6 is 0 Å². The molecule has 3 heterocycles. The Hall–Kier alpha value is -2.31. The highest BCUT2D eigenvalue weighted by molar-refractivity contribution is 5.79. The minimum absolute atomic E-state index is 0.0815. The summed E-state index contributed by atoms with van der Waals surface area (Å²) in [6.45, 7) is 3.42. The van der Waals surface area contributed by atoms with Crippen LogP contribution in [-0.4, -0.2) is 65.1 Å². The molecule has 25 heavy (non-hydrogen) atoms. The van der Waals surface area contributed by atoms with Gasteiger partial charge in [0.15, 0.2) is 5.82 Å². The van der Waals surface area contributed by atoms with E-state index in [2.05, 4.69) is 14.9 Å². The van der Waals surface area contributed by atoms with Crippen molar-refractivity contribution in [1.29, 1.82) is 0 Å². The summed E-state index contributed by atoms with van der Waals surface area (Å²) in [5.41, 5.74) is 2.08. The topological polar surface area (TPSA) is 58.6 Å². The SMILES string of the molecule is CN1C(=O)[C@H]2COC[C@@H]1CN(Cc1cnc(-c3ccccc3)nc1)C2. The van der Waals surface area contributed by atoms with E-state index in [1.54, 1.807) is 0 Å². The van der Waals surface area contributed by atoms with Gasteiger partial charge in [0.25, 0.3) is 0 Å². The highest BCUT2D eigenvalue weighted by atomic mass is 16.5. The van der Waals surface area contributed by atoms with Crippen molar-refractivity contribution in [2.75, 3.05) is 33.4 Å². The molecule has 1 amide bonds. The number of aromatic nitrogens is 2. The van der Waals surface area contributed by atoms with Crippen molar-refractivity contribution in [2.45, 2.75) is 12.6 Å². The van der Waals surface area contributed by atoms with Crippen molar-refractivity contribution in [3.8, 4) is 11.4 Å². The van der Waals surface area contributed by atoms with Crippen LogP contribution in [0.1, 0.15) is 5.56 Å². The van der Waals surface area contributed by atoms with Gasteiger partial charge >= 0.3 is 0 Å². The van der Waals surface area contributed by atoms with E-state index in [0.29, 0.717) is 13.2 Å². The van der Waals surface area contributed by atoms with Crippen LogP contribution in [0.4, 0.5) is 0 Å². The van der Waals surface area contributed by atoms with E-state index in [1.807, 2.05) is 54.7 Å². The minimum atomic E-state index is -0.0815. The molecule has 0 unspecified atom stereocenters. The summed E-state index contributed by atoms with van der Waals surface area (Å²) < 4.78 is 5.65. The summed E-state index contributed by atoms with van der Waals surface area (Å²) in [6, 6.07) is 10.1. The fraction of sp³-hybridized carbons (Fsp3) is 0.421. The second kappa shape index (κ2) is 6.90. The largest absolute Gasteiger partial charge is 0.378 e. The van der Waals surface area contributed by atoms with Crippen molar-refractivity contribution < 1.29 is 9.53 Å². The summed E-state index contributed by atoms with van der Waals surface area (Å²) in [5, 5.41) is 0. The Morgan fingerprint density at radius 2 is 1.88 bits per heavy atom. The Kier molecular flexibility index (Phi) is 4.46. The van der Waals surface area contributed by atoms with Crippen LogP contribution in [0.25, 0.3) is 11.4 Å². The molecule has 0 radical (unpaired) electrons. The lowest BCUT2D eigenvalue weighted by Gasteiger charge is -2.29. The van der Waals surface area contributed by atoms with Gasteiger partial charge in [0.2, 0.25) is 5.91 Å². The van der Waals surface area contributed by atoms with Crippen LogP contribution in [0.15, 0.2) is 42.7 Å². The predicted molar refractivity (Wildman–Crippen MR) is 93.6 cm³/mol. The molecule has 6 nitrogen and oxygen atoms in total. The van der Waals surface area contributed by atoms with Gasteiger partial charge in [-0.15, -0.1) is 0 Å². The predicted octanol–water partition coefficient (Wildman–Crippen LogP) is 1.43. The number of ether oxygens (including phenoxy) is 1. The molecule has 2 aliphatic rings. The van der Waals surface area contributed by atoms with Crippen LogP contribution in [0.5, 0.6) is 0 Å². The van der Waals surface area contributed by atoms with Gasteiger partial charge in [0, 0.05) is 50.2 Å². The van der Waals surface area contributed by atoms with Crippen molar-refractivity contribution in [2.24, 2.45) is 5.92 Å². The molecular formula is C19H22N4O2. The third-order valence-electron chi connectivity index (χ3n) is 4.96. The number of rotatable bonds is 3. The molecule has 0 aliphatic carbocycles. The van der Waals surface area contributed by atoms with Crippen LogP contribution in [0.2, 0.25) is 0 Å². The van der Waals surface area contributed by atoms with Gasteiger partial charge in [0.05, 0.1) is 25.2 Å². The molecule has 2 atom stereocenters. The third kappa shape index (κ3) is 3.41. The van der Waals surface area contributed by atoms with Crippen LogP contribution < -0.4 is 0 Å². The Bertz CT molecular complexity index is 735. The van der Waals surface area contributed by atoms with E-state index in [4.69, 9.17) is 4.74 Å².